The first-order chi connectivity index (χ1) is 9.02. The second-order valence-corrected chi connectivity index (χ2v) is 5.34. The number of hydrogen-bond acceptors (Lipinski definition) is 3. The monoisotopic (exact) mass is 300 g/mol. The summed E-state index contributed by atoms with van der Waals surface area (Å²) < 4.78 is 0. The van der Waals surface area contributed by atoms with Crippen molar-refractivity contribution in [3.05, 3.63) is 29.8 Å². The second kappa shape index (κ2) is 9.61. The minimum Gasteiger partial charge on any atom is -0.399 e. The van der Waals surface area contributed by atoms with Gasteiger partial charge >= 0.3 is 0 Å². The maximum Gasteiger partial charge on any atom is 0.251 e. The zero-order valence-electron chi connectivity index (χ0n) is 12.1. The number of benzene rings is 1. The van der Waals surface area contributed by atoms with Crippen LogP contribution in [0.15, 0.2) is 24.3 Å². The average Bonchev–Trinajstić information content (AvgIpc) is 2.35. The molecule has 5 heteroatoms. The summed E-state index contributed by atoms with van der Waals surface area (Å²) in [5.74, 6) is 0.759. The molecule has 1 unspecified atom stereocenters. The first-order valence-electron chi connectivity index (χ1n) is 6.77. The zero-order valence-corrected chi connectivity index (χ0v) is 13.0. The van der Waals surface area contributed by atoms with E-state index in [0.717, 1.165) is 12.8 Å². The van der Waals surface area contributed by atoms with Gasteiger partial charge in [-0.05, 0) is 42.9 Å². The molecule has 1 amide bonds. The lowest BCUT2D eigenvalue weighted by atomic mass is 9.94. The Bertz CT molecular complexity index is 411. The van der Waals surface area contributed by atoms with Crippen molar-refractivity contribution in [1.82, 2.24) is 5.32 Å². The van der Waals surface area contributed by atoms with Crippen molar-refractivity contribution in [3.63, 3.8) is 0 Å². The first-order valence-corrected chi connectivity index (χ1v) is 6.77. The topological polar surface area (TPSA) is 75.3 Å². The zero-order chi connectivity index (χ0) is 14.3. The molecule has 0 aliphatic heterocycles. The number of halogens is 1. The predicted octanol–water partition coefficient (Wildman–Crippen LogP) is 2.47. The van der Waals surface area contributed by atoms with Gasteiger partial charge in [-0.2, -0.15) is 0 Å². The standard InChI is InChI=1S/C15H24N2O2.ClH/c1-11(2)8-12(6-7-18)10-17-15(19)13-4-3-5-14(16)9-13;/h3-5,9,11-12,18H,6-8,10,16H2,1-2H3,(H,17,19);1H. The first kappa shape index (κ1) is 18.7. The Kier molecular flexibility index (Phi) is 9.01. The van der Waals surface area contributed by atoms with Gasteiger partial charge in [0.25, 0.3) is 5.91 Å². The van der Waals surface area contributed by atoms with Gasteiger partial charge in [0.2, 0.25) is 0 Å². The second-order valence-electron chi connectivity index (χ2n) is 5.34. The molecule has 0 aromatic heterocycles. The van der Waals surface area contributed by atoms with Gasteiger partial charge in [0.1, 0.15) is 0 Å². The van der Waals surface area contributed by atoms with Gasteiger partial charge in [-0.25, -0.2) is 0 Å². The van der Waals surface area contributed by atoms with E-state index in [-0.39, 0.29) is 24.9 Å². The van der Waals surface area contributed by atoms with Crippen molar-refractivity contribution in [1.29, 1.82) is 0 Å². The molecule has 1 atom stereocenters. The van der Waals surface area contributed by atoms with Crippen LogP contribution in [0.2, 0.25) is 0 Å². The van der Waals surface area contributed by atoms with E-state index in [1.54, 1.807) is 24.3 Å². The van der Waals surface area contributed by atoms with Gasteiger partial charge in [-0.1, -0.05) is 19.9 Å². The predicted molar refractivity (Wildman–Crippen MR) is 85.1 cm³/mol. The van der Waals surface area contributed by atoms with Crippen molar-refractivity contribution >= 4 is 24.0 Å². The van der Waals surface area contributed by atoms with Crippen LogP contribution < -0.4 is 11.1 Å². The van der Waals surface area contributed by atoms with E-state index >= 15 is 0 Å². The van der Waals surface area contributed by atoms with E-state index in [1.165, 1.54) is 0 Å². The van der Waals surface area contributed by atoms with Crippen LogP contribution in [-0.2, 0) is 0 Å². The van der Waals surface area contributed by atoms with E-state index < -0.39 is 0 Å². The summed E-state index contributed by atoms with van der Waals surface area (Å²) in [6.07, 6.45) is 1.72. The van der Waals surface area contributed by atoms with E-state index in [0.29, 0.717) is 29.6 Å². The Labute approximate surface area is 127 Å². The number of nitrogens with two attached hydrogens (primary N) is 1. The molecule has 1 aromatic rings. The van der Waals surface area contributed by atoms with Crippen LogP contribution >= 0.6 is 12.4 Å². The number of nitrogen functional groups attached to an aromatic ring is 1. The lowest BCUT2D eigenvalue weighted by Gasteiger charge is -2.18. The van der Waals surface area contributed by atoms with Gasteiger partial charge in [-0.3, -0.25) is 4.79 Å². The third kappa shape index (κ3) is 6.78. The molecule has 0 spiro atoms. The summed E-state index contributed by atoms with van der Waals surface area (Å²) in [7, 11) is 0. The molecule has 1 aromatic carbocycles. The third-order valence-corrected chi connectivity index (χ3v) is 3.04. The fraction of sp³-hybridized carbons (Fsp3) is 0.533. The number of anilines is 1. The van der Waals surface area contributed by atoms with Crippen molar-refractivity contribution in [2.75, 3.05) is 18.9 Å². The number of carbonyl (C=O) groups is 1. The Balaban J connectivity index is 0.00000361. The van der Waals surface area contributed by atoms with Crippen LogP contribution in [0.3, 0.4) is 0 Å². The van der Waals surface area contributed by atoms with Gasteiger partial charge < -0.3 is 16.2 Å². The van der Waals surface area contributed by atoms with Crippen molar-refractivity contribution < 1.29 is 9.90 Å². The molecule has 0 fully saturated rings. The molecular weight excluding hydrogens is 276 g/mol. The number of aliphatic hydroxyl groups is 1. The molecule has 20 heavy (non-hydrogen) atoms. The smallest absolute Gasteiger partial charge is 0.251 e. The largest absolute Gasteiger partial charge is 0.399 e. The van der Waals surface area contributed by atoms with Gasteiger partial charge in [-0.15, -0.1) is 12.4 Å². The highest BCUT2D eigenvalue weighted by atomic mass is 35.5. The Morgan fingerprint density at radius 2 is 2.10 bits per heavy atom. The van der Waals surface area contributed by atoms with Crippen LogP contribution in [0.5, 0.6) is 0 Å². The number of hydrogen-bond donors (Lipinski definition) is 3. The van der Waals surface area contributed by atoms with Crippen LogP contribution in [0.4, 0.5) is 5.69 Å². The summed E-state index contributed by atoms with van der Waals surface area (Å²) in [6.45, 7) is 5.03. The van der Waals surface area contributed by atoms with Gasteiger partial charge in [0, 0.05) is 24.4 Å². The van der Waals surface area contributed by atoms with Gasteiger partial charge in [0.15, 0.2) is 0 Å². The van der Waals surface area contributed by atoms with Crippen molar-refractivity contribution in [2.45, 2.75) is 26.7 Å². The van der Waals surface area contributed by atoms with Crippen LogP contribution in [0.1, 0.15) is 37.0 Å². The summed E-state index contributed by atoms with van der Waals surface area (Å²) >= 11 is 0. The number of nitrogens with one attached hydrogen (secondary N) is 1. The molecule has 1 rings (SSSR count). The molecule has 114 valence electrons. The normalized spacial score (nSPS) is 11.8. The van der Waals surface area contributed by atoms with E-state index in [1.807, 2.05) is 0 Å². The highest BCUT2D eigenvalue weighted by Crippen LogP contribution is 2.14. The summed E-state index contributed by atoms with van der Waals surface area (Å²) in [6, 6.07) is 6.93. The molecule has 4 N–H and O–H groups in total. The lowest BCUT2D eigenvalue weighted by molar-refractivity contribution is 0.0941. The quantitative estimate of drug-likeness (QED) is 0.677. The van der Waals surface area contributed by atoms with E-state index in [9.17, 15) is 4.79 Å². The Morgan fingerprint density at radius 3 is 2.65 bits per heavy atom. The molecule has 0 saturated heterocycles. The summed E-state index contributed by atoms with van der Waals surface area (Å²) in [5, 5.41) is 11.9. The van der Waals surface area contributed by atoms with E-state index in [4.69, 9.17) is 10.8 Å². The number of aliphatic hydroxyl groups excluding tert-OH is 1. The maximum absolute atomic E-state index is 12.0. The molecule has 0 saturated carbocycles. The fourth-order valence-electron chi connectivity index (χ4n) is 2.17. The minimum atomic E-state index is -0.112. The van der Waals surface area contributed by atoms with Gasteiger partial charge in [0.05, 0.1) is 0 Å². The molecule has 0 aliphatic carbocycles. The Hall–Kier alpha value is -1.26. The average molecular weight is 301 g/mol. The Morgan fingerprint density at radius 1 is 1.40 bits per heavy atom. The fourth-order valence-corrected chi connectivity index (χ4v) is 2.17. The lowest BCUT2D eigenvalue weighted by Crippen LogP contribution is -2.30. The molecule has 4 nitrogen and oxygen atoms in total. The SMILES string of the molecule is CC(C)CC(CCO)CNC(=O)c1cccc(N)c1.Cl. The van der Waals surface area contributed by atoms with E-state index in [2.05, 4.69) is 19.2 Å². The molecule has 0 heterocycles. The van der Waals surface area contributed by atoms with Crippen molar-refractivity contribution in [3.8, 4) is 0 Å². The number of carbonyl (C=O) groups excluding carboxylic acids is 1. The van der Waals surface area contributed by atoms with Crippen LogP contribution in [-0.4, -0.2) is 24.2 Å². The minimum absolute atomic E-state index is 0. The number of rotatable bonds is 7. The molecule has 0 radical (unpaired) electrons. The van der Waals surface area contributed by atoms with Crippen LogP contribution in [0, 0.1) is 11.8 Å². The van der Waals surface area contributed by atoms with Crippen LogP contribution in [0.25, 0.3) is 0 Å². The highest BCUT2D eigenvalue weighted by molar-refractivity contribution is 5.94. The molecular formula is C15H25ClN2O2. The highest BCUT2D eigenvalue weighted by Gasteiger charge is 2.13. The van der Waals surface area contributed by atoms with Crippen molar-refractivity contribution in [2.24, 2.45) is 11.8 Å². The maximum atomic E-state index is 12.0. The third-order valence-electron chi connectivity index (χ3n) is 3.04. The molecule has 0 bridgehead atoms. The molecule has 0 aliphatic rings. The summed E-state index contributed by atoms with van der Waals surface area (Å²) in [5.41, 5.74) is 6.81. The number of amides is 1. The summed E-state index contributed by atoms with van der Waals surface area (Å²) in [4.78, 5) is 12.0.